The fourth-order valence-corrected chi connectivity index (χ4v) is 3.19. The van der Waals surface area contributed by atoms with E-state index >= 15 is 0 Å². The Hall–Kier alpha value is -2.54. The lowest BCUT2D eigenvalue weighted by Crippen LogP contribution is -2.55. The van der Waals surface area contributed by atoms with Crippen LogP contribution in [0.15, 0.2) is 36.9 Å². The summed E-state index contributed by atoms with van der Waals surface area (Å²) in [6, 6.07) is 6.04. The molecular formula is C20H29N3O4. The minimum atomic E-state index is -0.775. The number of carbonyl (C=O) groups excluding carboxylic acids is 2. The smallest absolute Gasteiger partial charge is 0.254 e. The Bertz CT molecular complexity index is 681. The molecule has 7 nitrogen and oxygen atoms in total. The van der Waals surface area contributed by atoms with E-state index in [0.29, 0.717) is 0 Å². The van der Waals surface area contributed by atoms with Crippen LogP contribution >= 0.6 is 0 Å². The third-order valence-corrected chi connectivity index (χ3v) is 4.30. The fraction of sp³-hybridized carbons (Fsp3) is 0.500. The van der Waals surface area contributed by atoms with Gasteiger partial charge < -0.3 is 25.0 Å². The van der Waals surface area contributed by atoms with Crippen molar-refractivity contribution in [3.05, 3.63) is 36.9 Å². The zero-order valence-corrected chi connectivity index (χ0v) is 16.6. The molecule has 148 valence electrons. The number of hydrogen-bond donors (Lipinski definition) is 2. The highest BCUT2D eigenvalue weighted by molar-refractivity contribution is 5.96. The summed E-state index contributed by atoms with van der Waals surface area (Å²) in [5.74, 6) is 0.252. The molecule has 27 heavy (non-hydrogen) atoms. The van der Waals surface area contributed by atoms with Gasteiger partial charge in [-0.2, -0.15) is 0 Å². The average molecular weight is 375 g/mol. The van der Waals surface area contributed by atoms with Crippen molar-refractivity contribution in [2.24, 2.45) is 0 Å². The van der Waals surface area contributed by atoms with E-state index in [1.54, 1.807) is 13.2 Å². The van der Waals surface area contributed by atoms with Crippen LogP contribution in [0.4, 0.5) is 5.69 Å². The molecule has 1 saturated heterocycles. The Balaban J connectivity index is 2.35. The molecule has 0 radical (unpaired) electrons. The van der Waals surface area contributed by atoms with Gasteiger partial charge in [-0.3, -0.25) is 9.59 Å². The minimum Gasteiger partial charge on any atom is -0.497 e. The summed E-state index contributed by atoms with van der Waals surface area (Å²) in [6.45, 7) is 9.68. The quantitative estimate of drug-likeness (QED) is 0.711. The van der Waals surface area contributed by atoms with Gasteiger partial charge in [0.2, 0.25) is 5.91 Å². The van der Waals surface area contributed by atoms with Gasteiger partial charge in [-0.15, -0.1) is 6.58 Å². The first-order valence-electron chi connectivity index (χ1n) is 8.88. The van der Waals surface area contributed by atoms with Crippen LogP contribution in [0.2, 0.25) is 0 Å². The number of nitrogens with one attached hydrogen (secondary N) is 2. The minimum absolute atomic E-state index is 0.233. The second kappa shape index (κ2) is 8.43. The average Bonchev–Trinajstić information content (AvgIpc) is 2.86. The fourth-order valence-electron chi connectivity index (χ4n) is 3.19. The molecule has 1 aromatic carbocycles. The van der Waals surface area contributed by atoms with Crippen LogP contribution in [0.1, 0.15) is 20.8 Å². The third-order valence-electron chi connectivity index (χ3n) is 4.30. The maximum absolute atomic E-state index is 13.0. The molecule has 0 bridgehead atoms. The molecule has 1 aromatic rings. The number of hydrogen-bond acceptors (Lipinski definition) is 5. The number of carbonyl (C=O) groups is 2. The topological polar surface area (TPSA) is 79.9 Å². The molecule has 0 aromatic heterocycles. The molecule has 3 atom stereocenters. The summed E-state index contributed by atoms with van der Waals surface area (Å²) in [6.07, 6.45) is 0.834. The molecule has 0 spiro atoms. The zero-order valence-electron chi connectivity index (χ0n) is 16.6. The third kappa shape index (κ3) is 4.80. The van der Waals surface area contributed by atoms with Crippen molar-refractivity contribution in [1.29, 1.82) is 0 Å². The van der Waals surface area contributed by atoms with Crippen LogP contribution in [-0.2, 0) is 14.3 Å². The standard InChI is InChI=1S/C20H29N3O4/c1-7-12-23-16(18(24)22-20(2,3)4)15(17(27-6)19(23)25)21-13-8-10-14(26-5)11-9-13/h7-11,15-17,21H,1,12H2,2-6H3,(H,22,24)/t15-,16-,17+/m0/s1. The molecule has 7 heteroatoms. The second-order valence-electron chi connectivity index (χ2n) is 7.52. The normalized spacial score (nSPS) is 22.5. The first-order chi connectivity index (χ1) is 12.7. The summed E-state index contributed by atoms with van der Waals surface area (Å²) in [5.41, 5.74) is 0.347. The molecule has 0 aliphatic carbocycles. The largest absolute Gasteiger partial charge is 0.497 e. The molecule has 2 rings (SSSR count). The number of rotatable bonds is 7. The van der Waals surface area contributed by atoms with Gasteiger partial charge in [0.15, 0.2) is 6.10 Å². The Kier molecular flexibility index (Phi) is 6.49. The molecule has 1 aliphatic rings. The maximum Gasteiger partial charge on any atom is 0.254 e. The number of amides is 2. The van der Waals surface area contributed by atoms with E-state index in [4.69, 9.17) is 9.47 Å². The van der Waals surface area contributed by atoms with Crippen molar-refractivity contribution in [3.63, 3.8) is 0 Å². The summed E-state index contributed by atoms with van der Waals surface area (Å²) >= 11 is 0. The van der Waals surface area contributed by atoms with Crippen molar-refractivity contribution in [2.45, 2.75) is 44.5 Å². The number of methoxy groups -OCH3 is 2. The predicted octanol–water partition coefficient (Wildman–Crippen LogP) is 1.80. The first-order valence-corrected chi connectivity index (χ1v) is 8.88. The summed E-state index contributed by atoms with van der Waals surface area (Å²) < 4.78 is 10.6. The highest BCUT2D eigenvalue weighted by Gasteiger charge is 2.51. The number of anilines is 1. The number of ether oxygens (including phenoxy) is 2. The van der Waals surface area contributed by atoms with Gasteiger partial charge in [-0.05, 0) is 45.0 Å². The summed E-state index contributed by atoms with van der Waals surface area (Å²) in [5, 5.41) is 6.26. The number of benzene rings is 1. The van der Waals surface area contributed by atoms with E-state index in [-0.39, 0.29) is 18.4 Å². The lowest BCUT2D eigenvalue weighted by atomic mass is 10.0. The van der Waals surface area contributed by atoms with Crippen molar-refractivity contribution < 1.29 is 19.1 Å². The molecule has 0 saturated carbocycles. The van der Waals surface area contributed by atoms with E-state index in [9.17, 15) is 9.59 Å². The van der Waals surface area contributed by atoms with Gasteiger partial charge in [-0.1, -0.05) is 6.08 Å². The SMILES string of the molecule is C=CCN1C(=O)[C@H](OC)[C@@H](Nc2ccc(OC)cc2)[C@H]1C(=O)NC(C)(C)C. The van der Waals surface area contributed by atoms with Crippen molar-refractivity contribution in [2.75, 3.05) is 26.1 Å². The van der Waals surface area contributed by atoms with Gasteiger partial charge >= 0.3 is 0 Å². The van der Waals surface area contributed by atoms with E-state index in [2.05, 4.69) is 17.2 Å². The molecule has 1 fully saturated rings. The summed E-state index contributed by atoms with van der Waals surface area (Å²) in [7, 11) is 3.07. The Morgan fingerprint density at radius 3 is 2.37 bits per heavy atom. The lowest BCUT2D eigenvalue weighted by Gasteiger charge is -2.31. The first kappa shape index (κ1) is 20.8. The molecule has 2 amide bonds. The van der Waals surface area contributed by atoms with Crippen molar-refractivity contribution in [3.8, 4) is 5.75 Å². The highest BCUT2D eigenvalue weighted by atomic mass is 16.5. The van der Waals surface area contributed by atoms with Crippen LogP contribution in [0.3, 0.4) is 0 Å². The van der Waals surface area contributed by atoms with Gasteiger partial charge in [0.05, 0.1) is 13.2 Å². The van der Waals surface area contributed by atoms with Crippen LogP contribution < -0.4 is 15.4 Å². The van der Waals surface area contributed by atoms with Gasteiger partial charge in [0.25, 0.3) is 5.91 Å². The monoisotopic (exact) mass is 375 g/mol. The van der Waals surface area contributed by atoms with E-state index in [0.717, 1.165) is 11.4 Å². The molecule has 0 unspecified atom stereocenters. The van der Waals surface area contributed by atoms with Crippen molar-refractivity contribution >= 4 is 17.5 Å². The number of nitrogens with zero attached hydrogens (tertiary/aromatic N) is 1. The Morgan fingerprint density at radius 2 is 1.89 bits per heavy atom. The van der Waals surface area contributed by atoms with E-state index in [1.807, 2.05) is 45.0 Å². The predicted molar refractivity (Wildman–Crippen MR) is 105 cm³/mol. The number of likely N-dealkylation sites (tertiary alicyclic amines) is 1. The van der Waals surface area contributed by atoms with Crippen LogP contribution in [0.5, 0.6) is 5.75 Å². The van der Waals surface area contributed by atoms with Crippen molar-refractivity contribution in [1.82, 2.24) is 10.2 Å². The Labute approximate surface area is 160 Å². The maximum atomic E-state index is 13.0. The van der Waals surface area contributed by atoms with Crippen LogP contribution in [0, 0.1) is 0 Å². The lowest BCUT2D eigenvalue weighted by molar-refractivity contribution is -0.139. The Morgan fingerprint density at radius 1 is 1.26 bits per heavy atom. The second-order valence-corrected chi connectivity index (χ2v) is 7.52. The van der Waals surface area contributed by atoms with E-state index < -0.39 is 23.7 Å². The van der Waals surface area contributed by atoms with Crippen LogP contribution in [-0.4, -0.2) is 61.2 Å². The van der Waals surface area contributed by atoms with Gasteiger partial charge in [-0.25, -0.2) is 0 Å². The van der Waals surface area contributed by atoms with Crippen LogP contribution in [0.25, 0.3) is 0 Å². The zero-order chi connectivity index (χ0) is 20.2. The molecule has 1 aliphatic heterocycles. The van der Waals surface area contributed by atoms with E-state index in [1.165, 1.54) is 12.0 Å². The molecule has 1 heterocycles. The molecule has 2 N–H and O–H groups in total. The van der Waals surface area contributed by atoms with Gasteiger partial charge in [0, 0.05) is 24.9 Å². The summed E-state index contributed by atoms with van der Waals surface area (Å²) in [4.78, 5) is 27.3. The van der Waals surface area contributed by atoms with Gasteiger partial charge in [0.1, 0.15) is 11.8 Å². The molecular weight excluding hydrogens is 346 g/mol. The highest BCUT2D eigenvalue weighted by Crippen LogP contribution is 2.27.